The van der Waals surface area contributed by atoms with Gasteiger partial charge in [-0.3, -0.25) is 10.4 Å². The van der Waals surface area contributed by atoms with E-state index in [1.807, 2.05) is 18.2 Å². The Hall–Kier alpha value is -2.54. The molecule has 1 aliphatic rings. The normalized spacial score (nSPS) is 15.3. The van der Waals surface area contributed by atoms with Crippen LogP contribution in [0.15, 0.2) is 52.6 Å². The van der Waals surface area contributed by atoms with Gasteiger partial charge in [-0.15, -0.1) is 0 Å². The van der Waals surface area contributed by atoms with E-state index in [0.717, 1.165) is 39.9 Å². The first-order valence-electron chi connectivity index (χ1n) is 8.16. The van der Waals surface area contributed by atoms with E-state index in [2.05, 4.69) is 15.5 Å². The fourth-order valence-corrected chi connectivity index (χ4v) is 3.31. The van der Waals surface area contributed by atoms with Crippen LogP contribution in [0.25, 0.3) is 0 Å². The Morgan fingerprint density at radius 1 is 1.12 bits per heavy atom. The third-order valence-corrected chi connectivity index (χ3v) is 4.82. The van der Waals surface area contributed by atoms with E-state index >= 15 is 0 Å². The second-order valence-electron chi connectivity index (χ2n) is 5.59. The number of hydrazone groups is 1. The monoisotopic (exact) mass is 373 g/mol. The van der Waals surface area contributed by atoms with Crippen molar-refractivity contribution < 1.29 is 13.9 Å². The maximum atomic E-state index is 13.0. The lowest BCUT2D eigenvalue weighted by atomic mass is 10.1. The molecule has 26 heavy (non-hydrogen) atoms. The number of aliphatic imine (C=N–C) groups is 1. The van der Waals surface area contributed by atoms with Gasteiger partial charge in [-0.2, -0.15) is 5.10 Å². The van der Waals surface area contributed by atoms with E-state index in [1.54, 1.807) is 38.1 Å². The van der Waals surface area contributed by atoms with Gasteiger partial charge in [0.05, 0.1) is 19.9 Å². The molecule has 136 valence electrons. The molecular formula is C19H20FN3O2S. The summed E-state index contributed by atoms with van der Waals surface area (Å²) in [5, 5.41) is 5.13. The minimum absolute atomic E-state index is 0.247. The molecule has 2 aromatic rings. The quantitative estimate of drug-likeness (QED) is 0.842. The molecule has 5 nitrogen and oxygen atoms in total. The van der Waals surface area contributed by atoms with Crippen LogP contribution in [-0.4, -0.2) is 37.4 Å². The summed E-state index contributed by atoms with van der Waals surface area (Å²) < 4.78 is 23.5. The Morgan fingerprint density at radius 2 is 1.88 bits per heavy atom. The molecule has 0 saturated heterocycles. The number of halogens is 1. The van der Waals surface area contributed by atoms with Crippen LogP contribution in [0.4, 0.5) is 4.39 Å². The number of rotatable bonds is 6. The molecule has 0 unspecified atom stereocenters. The lowest BCUT2D eigenvalue weighted by Crippen LogP contribution is -2.25. The van der Waals surface area contributed by atoms with Gasteiger partial charge in [0, 0.05) is 12.3 Å². The molecule has 1 N–H and O–H groups in total. The zero-order valence-corrected chi connectivity index (χ0v) is 15.5. The van der Waals surface area contributed by atoms with Crippen LogP contribution in [0.1, 0.15) is 11.1 Å². The molecule has 7 heteroatoms. The summed E-state index contributed by atoms with van der Waals surface area (Å²) in [7, 11) is 3.25. The smallest absolute Gasteiger partial charge is 0.177 e. The number of hydrogen-bond donors (Lipinski definition) is 1. The van der Waals surface area contributed by atoms with Gasteiger partial charge in [-0.05, 0) is 41.8 Å². The number of ether oxygens (including phenoxy) is 2. The predicted octanol–water partition coefficient (Wildman–Crippen LogP) is 3.48. The van der Waals surface area contributed by atoms with E-state index in [9.17, 15) is 4.39 Å². The van der Waals surface area contributed by atoms with Gasteiger partial charge in [-0.1, -0.05) is 30.0 Å². The van der Waals surface area contributed by atoms with Crippen molar-refractivity contribution in [3.05, 3.63) is 59.4 Å². The zero-order valence-electron chi connectivity index (χ0n) is 14.7. The summed E-state index contributed by atoms with van der Waals surface area (Å²) in [6, 6.07) is 12.2. The molecule has 0 aliphatic carbocycles. The first-order chi connectivity index (χ1) is 12.7. The predicted molar refractivity (Wildman–Crippen MR) is 104 cm³/mol. The number of benzene rings is 2. The lowest BCUT2D eigenvalue weighted by Gasteiger charge is -2.15. The van der Waals surface area contributed by atoms with Crippen LogP contribution in [-0.2, 0) is 6.42 Å². The van der Waals surface area contributed by atoms with Gasteiger partial charge >= 0.3 is 0 Å². The molecule has 0 fully saturated rings. The highest BCUT2D eigenvalue weighted by atomic mass is 32.2. The number of amidine groups is 1. The van der Waals surface area contributed by atoms with Crippen molar-refractivity contribution in [2.75, 3.05) is 26.5 Å². The van der Waals surface area contributed by atoms with Crippen molar-refractivity contribution in [1.29, 1.82) is 0 Å². The summed E-state index contributed by atoms with van der Waals surface area (Å²) in [5.41, 5.74) is 5.90. The highest BCUT2D eigenvalue weighted by molar-refractivity contribution is 8.14. The Labute approximate surface area is 156 Å². The van der Waals surface area contributed by atoms with Crippen LogP contribution in [0, 0.1) is 5.82 Å². The van der Waals surface area contributed by atoms with E-state index in [0.29, 0.717) is 12.3 Å². The van der Waals surface area contributed by atoms with Gasteiger partial charge in [0.1, 0.15) is 5.82 Å². The standard InChI is InChI=1S/C19H20FN3O2S/c1-24-17-8-3-13(11-18(17)25-2)9-10-21-19-23-22-16(12-26-19)14-4-6-15(20)7-5-14/h3-8,11H,9-10,12H2,1-2H3,(H,21,23). The van der Waals surface area contributed by atoms with Crippen LogP contribution >= 0.6 is 11.8 Å². The molecular weight excluding hydrogens is 353 g/mol. The van der Waals surface area contributed by atoms with Crippen molar-refractivity contribution in [2.24, 2.45) is 10.1 Å². The minimum atomic E-state index is -0.247. The van der Waals surface area contributed by atoms with Crippen LogP contribution in [0.3, 0.4) is 0 Å². The lowest BCUT2D eigenvalue weighted by molar-refractivity contribution is 0.354. The minimum Gasteiger partial charge on any atom is -0.493 e. The van der Waals surface area contributed by atoms with Gasteiger partial charge in [-0.25, -0.2) is 4.39 Å². The SMILES string of the molecule is COc1ccc(CCN=C2NN=C(c3ccc(F)cc3)CS2)cc1OC. The molecule has 0 amide bonds. The maximum Gasteiger partial charge on any atom is 0.177 e. The Bertz CT molecular complexity index is 822. The number of nitrogens with one attached hydrogen (secondary N) is 1. The van der Waals surface area contributed by atoms with Gasteiger partial charge in [0.25, 0.3) is 0 Å². The fourth-order valence-electron chi connectivity index (χ4n) is 2.51. The molecule has 2 aromatic carbocycles. The highest BCUT2D eigenvalue weighted by Gasteiger charge is 2.13. The Kier molecular flexibility index (Phi) is 6.12. The average molecular weight is 373 g/mol. The molecule has 3 rings (SSSR count). The van der Waals surface area contributed by atoms with Crippen molar-refractivity contribution in [1.82, 2.24) is 5.43 Å². The highest BCUT2D eigenvalue weighted by Crippen LogP contribution is 2.27. The van der Waals surface area contributed by atoms with Crippen LogP contribution < -0.4 is 14.9 Å². The van der Waals surface area contributed by atoms with Crippen molar-refractivity contribution in [3.8, 4) is 11.5 Å². The molecule has 1 aliphatic heterocycles. The van der Waals surface area contributed by atoms with E-state index in [-0.39, 0.29) is 5.82 Å². The van der Waals surface area contributed by atoms with Crippen molar-refractivity contribution in [3.63, 3.8) is 0 Å². The van der Waals surface area contributed by atoms with E-state index in [4.69, 9.17) is 9.47 Å². The first-order valence-corrected chi connectivity index (χ1v) is 9.15. The maximum absolute atomic E-state index is 13.0. The van der Waals surface area contributed by atoms with Crippen molar-refractivity contribution >= 4 is 22.6 Å². The average Bonchev–Trinajstić information content (AvgIpc) is 2.69. The summed E-state index contributed by atoms with van der Waals surface area (Å²) in [4.78, 5) is 4.55. The number of thioether (sulfide) groups is 1. The summed E-state index contributed by atoms with van der Waals surface area (Å²) in [6.07, 6.45) is 0.792. The Balaban J connectivity index is 1.56. The summed E-state index contributed by atoms with van der Waals surface area (Å²) in [5.74, 6) is 1.89. The molecule has 0 bridgehead atoms. The molecule has 0 atom stereocenters. The molecule has 0 aromatic heterocycles. The van der Waals surface area contributed by atoms with Gasteiger partial charge < -0.3 is 9.47 Å². The van der Waals surface area contributed by atoms with E-state index < -0.39 is 0 Å². The molecule has 0 saturated carbocycles. The van der Waals surface area contributed by atoms with Crippen molar-refractivity contribution in [2.45, 2.75) is 6.42 Å². The molecule has 0 spiro atoms. The first kappa shape index (κ1) is 18.3. The molecule has 0 radical (unpaired) electrons. The summed E-state index contributed by atoms with van der Waals surface area (Å²) in [6.45, 7) is 0.645. The fraction of sp³-hybridized carbons (Fsp3) is 0.263. The summed E-state index contributed by atoms with van der Waals surface area (Å²) >= 11 is 1.59. The number of nitrogens with zero attached hydrogens (tertiary/aromatic N) is 2. The second-order valence-corrected chi connectivity index (χ2v) is 6.56. The number of hydrogen-bond acceptors (Lipinski definition) is 5. The second kappa shape index (κ2) is 8.71. The third-order valence-electron chi connectivity index (χ3n) is 3.91. The van der Waals surface area contributed by atoms with Crippen LogP contribution in [0.2, 0.25) is 0 Å². The topological polar surface area (TPSA) is 55.2 Å². The zero-order chi connectivity index (χ0) is 18.4. The molecule has 1 heterocycles. The van der Waals surface area contributed by atoms with Gasteiger partial charge in [0.15, 0.2) is 16.7 Å². The largest absolute Gasteiger partial charge is 0.493 e. The van der Waals surface area contributed by atoms with Gasteiger partial charge in [0.2, 0.25) is 0 Å². The van der Waals surface area contributed by atoms with E-state index in [1.165, 1.54) is 12.1 Å². The third kappa shape index (κ3) is 4.54. The Morgan fingerprint density at radius 3 is 2.54 bits per heavy atom. The number of methoxy groups -OCH3 is 2. The van der Waals surface area contributed by atoms with Crippen LogP contribution in [0.5, 0.6) is 11.5 Å².